The predicted octanol–water partition coefficient (Wildman–Crippen LogP) is 5.22. The van der Waals surface area contributed by atoms with E-state index < -0.39 is 24.0 Å². The molecule has 144 valence electrons. The van der Waals surface area contributed by atoms with Crippen molar-refractivity contribution in [2.45, 2.75) is 37.5 Å². The summed E-state index contributed by atoms with van der Waals surface area (Å²) in [5.41, 5.74) is 2.20. The number of aromatic nitrogens is 3. The first kappa shape index (κ1) is 17.3. The average Bonchev–Trinajstić information content (AvgIpc) is 3.12. The second-order valence-corrected chi connectivity index (χ2v) is 7.21. The molecule has 5 rings (SSSR count). The summed E-state index contributed by atoms with van der Waals surface area (Å²) in [7, 11) is 0. The van der Waals surface area contributed by atoms with Gasteiger partial charge in [0.25, 0.3) is 0 Å². The molecule has 28 heavy (non-hydrogen) atoms. The van der Waals surface area contributed by atoms with Crippen LogP contribution in [0.2, 0.25) is 0 Å². The zero-order chi connectivity index (χ0) is 19.5. The number of nitrogens with one attached hydrogen (secondary N) is 1. The van der Waals surface area contributed by atoms with Crippen molar-refractivity contribution in [1.29, 1.82) is 0 Å². The fourth-order valence-corrected chi connectivity index (χ4v) is 4.42. The van der Waals surface area contributed by atoms with Crippen LogP contribution in [0.25, 0.3) is 11.7 Å². The van der Waals surface area contributed by atoms with Gasteiger partial charge < -0.3 is 9.38 Å². The van der Waals surface area contributed by atoms with Crippen molar-refractivity contribution >= 4 is 11.7 Å². The maximum atomic E-state index is 15.3. The number of imidazole rings is 1. The highest BCUT2D eigenvalue weighted by Crippen LogP contribution is 2.46. The molecule has 2 aliphatic rings. The van der Waals surface area contributed by atoms with E-state index in [-0.39, 0.29) is 17.8 Å². The van der Waals surface area contributed by atoms with Crippen LogP contribution in [0, 0.1) is 0 Å². The summed E-state index contributed by atoms with van der Waals surface area (Å²) in [5.74, 6) is -1.03. The van der Waals surface area contributed by atoms with E-state index >= 15 is 4.39 Å². The number of aromatic amines is 1. The molecule has 1 N–H and O–H groups in total. The molecule has 3 aromatic heterocycles. The number of allylic oxidation sites excluding steroid dienone is 3. The minimum Gasteiger partial charge on any atom is -0.361 e. The van der Waals surface area contributed by atoms with Crippen LogP contribution in [-0.4, -0.2) is 20.5 Å². The lowest BCUT2D eigenvalue weighted by atomic mass is 9.80. The quantitative estimate of drug-likeness (QED) is 0.571. The van der Waals surface area contributed by atoms with Crippen LogP contribution in [0.4, 0.5) is 17.6 Å². The number of hydrogen-bond acceptors (Lipinski definition) is 1. The number of fused-ring (bicyclic) bond motifs is 4. The molecule has 0 amide bonds. The Morgan fingerprint density at radius 3 is 2.82 bits per heavy atom. The minimum atomic E-state index is -4.66. The molecule has 2 atom stereocenters. The van der Waals surface area contributed by atoms with Gasteiger partial charge >= 0.3 is 6.18 Å². The summed E-state index contributed by atoms with van der Waals surface area (Å²) < 4.78 is 58.2. The van der Waals surface area contributed by atoms with Crippen molar-refractivity contribution in [2.75, 3.05) is 0 Å². The number of halogens is 4. The summed E-state index contributed by atoms with van der Waals surface area (Å²) in [4.78, 5) is 7.14. The second-order valence-electron chi connectivity index (χ2n) is 7.21. The fourth-order valence-electron chi connectivity index (χ4n) is 4.42. The smallest absolute Gasteiger partial charge is 0.361 e. The first-order chi connectivity index (χ1) is 13.4. The van der Waals surface area contributed by atoms with Gasteiger partial charge in [0.1, 0.15) is 11.8 Å². The number of alkyl halides is 4. The highest BCUT2D eigenvalue weighted by molar-refractivity contribution is 5.65. The van der Waals surface area contributed by atoms with E-state index in [9.17, 15) is 13.2 Å². The van der Waals surface area contributed by atoms with Crippen LogP contribution >= 0.6 is 0 Å². The second kappa shape index (κ2) is 6.09. The largest absolute Gasteiger partial charge is 0.435 e. The molecule has 0 aliphatic heterocycles. The number of aryl methyl sites for hydroxylation is 1. The Morgan fingerprint density at radius 2 is 2.00 bits per heavy atom. The monoisotopic (exact) mass is 387 g/mol. The molecule has 0 spiro atoms. The van der Waals surface area contributed by atoms with Gasteiger partial charge in [0.15, 0.2) is 5.69 Å². The Hall–Kier alpha value is -2.83. The van der Waals surface area contributed by atoms with Crippen molar-refractivity contribution in [2.24, 2.45) is 0 Å². The Labute approximate surface area is 158 Å². The van der Waals surface area contributed by atoms with Crippen molar-refractivity contribution in [3.63, 3.8) is 0 Å². The molecule has 0 aromatic carbocycles. The average molecular weight is 387 g/mol. The van der Waals surface area contributed by atoms with Crippen LogP contribution < -0.4 is 0 Å². The van der Waals surface area contributed by atoms with Crippen LogP contribution in [-0.2, 0) is 19.0 Å². The number of rotatable bonds is 1. The summed E-state index contributed by atoms with van der Waals surface area (Å²) in [5, 5.41) is 0. The molecule has 0 saturated heterocycles. The van der Waals surface area contributed by atoms with Gasteiger partial charge in [-0.25, -0.2) is 9.37 Å². The van der Waals surface area contributed by atoms with Crippen LogP contribution in [0.3, 0.4) is 0 Å². The molecule has 0 bridgehead atoms. The van der Waals surface area contributed by atoms with Crippen LogP contribution in [0.5, 0.6) is 0 Å². The van der Waals surface area contributed by atoms with Gasteiger partial charge in [-0.15, -0.1) is 0 Å². The van der Waals surface area contributed by atoms with E-state index in [2.05, 4.69) is 9.97 Å². The molecule has 0 fully saturated rings. The minimum absolute atomic E-state index is 0.121. The zero-order valence-corrected chi connectivity index (χ0v) is 14.8. The standard InChI is InChI=1S/C21H17F4N3/c22-13-9-10-15-17(12-6-2-1-3-7-14(12)26-15)18(13)19-20(21(23,24)25)27-16-8-4-5-11-28(16)19/h1-6,8,11,13,18,26H,7,9-10H2. The Kier molecular flexibility index (Phi) is 3.76. The van der Waals surface area contributed by atoms with Crippen molar-refractivity contribution in [3.05, 3.63) is 76.5 Å². The van der Waals surface area contributed by atoms with Crippen LogP contribution in [0.15, 0.2) is 42.6 Å². The molecule has 3 nitrogen and oxygen atoms in total. The predicted molar refractivity (Wildman–Crippen MR) is 97.9 cm³/mol. The summed E-state index contributed by atoms with van der Waals surface area (Å²) in [6, 6.07) is 4.77. The van der Waals surface area contributed by atoms with Gasteiger partial charge in [0, 0.05) is 24.0 Å². The lowest BCUT2D eigenvalue weighted by molar-refractivity contribution is -0.141. The SMILES string of the molecule is FC1CCc2[nH]c3c(c2C1c1c(C(F)(F)F)nc2ccccn12)C=CC=CC3. The highest BCUT2D eigenvalue weighted by atomic mass is 19.4. The van der Waals surface area contributed by atoms with Crippen molar-refractivity contribution in [3.8, 4) is 0 Å². The lowest BCUT2D eigenvalue weighted by Crippen LogP contribution is -2.26. The summed E-state index contributed by atoms with van der Waals surface area (Å²) in [6.07, 6.45) is 4.30. The number of pyridine rings is 1. The van der Waals surface area contributed by atoms with E-state index in [1.54, 1.807) is 12.1 Å². The Bertz CT molecular complexity index is 1120. The molecule has 0 saturated carbocycles. The van der Waals surface area contributed by atoms with E-state index in [0.717, 1.165) is 17.0 Å². The summed E-state index contributed by atoms with van der Waals surface area (Å²) >= 11 is 0. The molecule has 2 unspecified atom stereocenters. The third-order valence-electron chi connectivity index (χ3n) is 5.55. The molecule has 7 heteroatoms. The molecule has 0 radical (unpaired) electrons. The van der Waals surface area contributed by atoms with Gasteiger partial charge in [0.05, 0.1) is 11.6 Å². The fraction of sp³-hybridized carbons (Fsp3) is 0.286. The number of hydrogen-bond donors (Lipinski definition) is 1. The highest BCUT2D eigenvalue weighted by Gasteiger charge is 2.45. The molecular formula is C21H17F4N3. The molecule has 3 aromatic rings. The van der Waals surface area contributed by atoms with Gasteiger partial charge in [-0.3, -0.25) is 0 Å². The van der Waals surface area contributed by atoms with E-state index in [0.29, 0.717) is 18.4 Å². The number of nitrogens with zero attached hydrogens (tertiary/aromatic N) is 2. The first-order valence-corrected chi connectivity index (χ1v) is 9.20. The summed E-state index contributed by atoms with van der Waals surface area (Å²) in [6.45, 7) is 0. The Morgan fingerprint density at radius 1 is 1.14 bits per heavy atom. The van der Waals surface area contributed by atoms with Crippen LogP contribution in [0.1, 0.15) is 46.2 Å². The topological polar surface area (TPSA) is 33.1 Å². The maximum absolute atomic E-state index is 15.3. The van der Waals surface area contributed by atoms with Gasteiger partial charge in [0.2, 0.25) is 0 Å². The molecular weight excluding hydrogens is 370 g/mol. The van der Waals surface area contributed by atoms with Crippen molar-refractivity contribution < 1.29 is 17.6 Å². The van der Waals surface area contributed by atoms with Gasteiger partial charge in [-0.05, 0) is 36.1 Å². The van der Waals surface area contributed by atoms with Gasteiger partial charge in [-0.1, -0.05) is 30.4 Å². The van der Waals surface area contributed by atoms with E-state index in [1.165, 1.54) is 16.7 Å². The Balaban J connectivity index is 1.81. The number of H-pyrrole nitrogens is 1. The van der Waals surface area contributed by atoms with E-state index in [4.69, 9.17) is 0 Å². The molecule has 2 aliphatic carbocycles. The maximum Gasteiger partial charge on any atom is 0.435 e. The van der Waals surface area contributed by atoms with Gasteiger partial charge in [-0.2, -0.15) is 13.2 Å². The normalized spacial score (nSPS) is 21.6. The third-order valence-corrected chi connectivity index (χ3v) is 5.55. The van der Waals surface area contributed by atoms with E-state index in [1.807, 2.05) is 24.3 Å². The zero-order valence-electron chi connectivity index (χ0n) is 14.8. The van der Waals surface area contributed by atoms with Crippen molar-refractivity contribution in [1.82, 2.24) is 14.4 Å². The lowest BCUT2D eigenvalue weighted by Gasteiger charge is -2.28. The first-order valence-electron chi connectivity index (χ1n) is 9.20. The third kappa shape index (κ3) is 2.52. The molecule has 3 heterocycles.